The van der Waals surface area contributed by atoms with E-state index in [9.17, 15) is 14.3 Å². The van der Waals surface area contributed by atoms with Crippen LogP contribution in [0.1, 0.15) is 63.4 Å². The minimum atomic E-state index is -0.585. The highest BCUT2D eigenvalue weighted by Crippen LogP contribution is 2.39. The van der Waals surface area contributed by atoms with Crippen molar-refractivity contribution < 1.29 is 23.8 Å². The quantitative estimate of drug-likeness (QED) is 0.685. The topological polar surface area (TPSA) is 67.8 Å². The number of allylic oxidation sites excluding steroid dienone is 1. The first-order valence-corrected chi connectivity index (χ1v) is 10.8. The highest BCUT2D eigenvalue weighted by molar-refractivity contribution is 5.92. The van der Waals surface area contributed by atoms with E-state index in [1.54, 1.807) is 12.1 Å². The number of benzene rings is 1. The standard InChI is InChI=1S/C23H32FNO4/c1-2-28-23-19(9-6-14-26)20(16-10-12-17(24)13-11-16)15-21(29-23)22(27)25-18-7-4-3-5-8-18/h10-13,15,18-20,23,26H,2-9,14H2,1H3,(H,25,27)/t19-,20-,23-/m1/s1. The number of hydrogen-bond donors (Lipinski definition) is 2. The number of ether oxygens (including phenoxy) is 2. The van der Waals surface area contributed by atoms with E-state index in [1.165, 1.54) is 18.6 Å². The van der Waals surface area contributed by atoms with Crippen molar-refractivity contribution in [2.45, 2.75) is 70.1 Å². The maximum Gasteiger partial charge on any atom is 0.286 e. The summed E-state index contributed by atoms with van der Waals surface area (Å²) in [6.45, 7) is 2.41. The molecule has 0 unspecified atom stereocenters. The second kappa shape index (κ2) is 10.7. The number of carbonyl (C=O) groups is 1. The van der Waals surface area contributed by atoms with Gasteiger partial charge in [-0.2, -0.15) is 0 Å². The highest BCUT2D eigenvalue weighted by Gasteiger charge is 2.38. The number of carbonyl (C=O) groups excluding carboxylic acids is 1. The molecule has 0 radical (unpaired) electrons. The molecule has 1 aromatic carbocycles. The molecular formula is C23H32FNO4. The lowest BCUT2D eigenvalue weighted by molar-refractivity contribution is -0.166. The summed E-state index contributed by atoms with van der Waals surface area (Å²) in [6, 6.07) is 6.53. The zero-order chi connectivity index (χ0) is 20.6. The number of halogens is 1. The molecule has 160 valence electrons. The Balaban J connectivity index is 1.86. The Bertz CT molecular complexity index is 685. The molecule has 1 aromatic rings. The lowest BCUT2D eigenvalue weighted by atomic mass is 9.80. The zero-order valence-corrected chi connectivity index (χ0v) is 17.1. The number of nitrogens with one attached hydrogen (secondary N) is 1. The lowest BCUT2D eigenvalue weighted by Gasteiger charge is -2.37. The van der Waals surface area contributed by atoms with Crippen LogP contribution in [0, 0.1) is 11.7 Å². The molecule has 1 amide bonds. The van der Waals surface area contributed by atoms with Gasteiger partial charge in [-0.3, -0.25) is 4.79 Å². The van der Waals surface area contributed by atoms with Gasteiger partial charge in [-0.05, 0) is 56.4 Å². The molecule has 1 aliphatic heterocycles. The van der Waals surface area contributed by atoms with Crippen LogP contribution in [0.5, 0.6) is 0 Å². The van der Waals surface area contributed by atoms with Crippen molar-refractivity contribution in [3.8, 4) is 0 Å². The van der Waals surface area contributed by atoms with Crippen molar-refractivity contribution in [1.29, 1.82) is 0 Å². The van der Waals surface area contributed by atoms with Crippen LogP contribution >= 0.6 is 0 Å². The van der Waals surface area contributed by atoms with Crippen LogP contribution < -0.4 is 5.32 Å². The Morgan fingerprint density at radius 3 is 2.62 bits per heavy atom. The molecule has 1 heterocycles. The summed E-state index contributed by atoms with van der Waals surface area (Å²) in [6.07, 6.45) is 8.01. The maximum atomic E-state index is 13.5. The van der Waals surface area contributed by atoms with Gasteiger partial charge in [0, 0.05) is 31.1 Å². The van der Waals surface area contributed by atoms with Gasteiger partial charge < -0.3 is 19.9 Å². The van der Waals surface area contributed by atoms with E-state index >= 15 is 0 Å². The fraction of sp³-hybridized carbons (Fsp3) is 0.609. The Hall–Kier alpha value is -1.92. The molecule has 0 bridgehead atoms. The average molecular weight is 406 g/mol. The molecule has 2 aliphatic rings. The van der Waals surface area contributed by atoms with Gasteiger partial charge in [0.05, 0.1) is 0 Å². The molecule has 0 saturated heterocycles. The number of hydrogen-bond acceptors (Lipinski definition) is 4. The molecule has 1 fully saturated rings. The predicted octanol–water partition coefficient (Wildman–Crippen LogP) is 4.02. The van der Waals surface area contributed by atoms with Crippen LogP contribution in [0.2, 0.25) is 0 Å². The summed E-state index contributed by atoms with van der Waals surface area (Å²) >= 11 is 0. The van der Waals surface area contributed by atoms with E-state index in [-0.39, 0.29) is 42.0 Å². The number of rotatable bonds is 8. The van der Waals surface area contributed by atoms with E-state index in [1.807, 2.05) is 13.0 Å². The van der Waals surface area contributed by atoms with E-state index in [0.29, 0.717) is 19.4 Å². The van der Waals surface area contributed by atoms with Crippen LogP contribution in [0.4, 0.5) is 4.39 Å². The maximum absolute atomic E-state index is 13.5. The van der Waals surface area contributed by atoms with Gasteiger partial charge >= 0.3 is 0 Å². The normalized spacial score (nSPS) is 25.2. The molecule has 3 rings (SSSR count). The summed E-state index contributed by atoms with van der Waals surface area (Å²) in [5, 5.41) is 12.4. The number of aliphatic hydroxyl groups excluding tert-OH is 1. The van der Waals surface area contributed by atoms with E-state index < -0.39 is 6.29 Å². The van der Waals surface area contributed by atoms with Gasteiger partial charge in [-0.25, -0.2) is 4.39 Å². The van der Waals surface area contributed by atoms with Crippen LogP contribution in [0.3, 0.4) is 0 Å². The van der Waals surface area contributed by atoms with Gasteiger partial charge in [0.15, 0.2) is 5.76 Å². The first-order valence-electron chi connectivity index (χ1n) is 10.8. The second-order valence-electron chi connectivity index (χ2n) is 7.89. The van der Waals surface area contributed by atoms with Gasteiger partial charge in [-0.15, -0.1) is 0 Å². The number of amides is 1. The van der Waals surface area contributed by atoms with Crippen molar-refractivity contribution in [3.05, 3.63) is 47.5 Å². The van der Waals surface area contributed by atoms with Gasteiger partial charge in [0.2, 0.25) is 6.29 Å². The Labute approximate surface area is 172 Å². The third-order valence-corrected chi connectivity index (χ3v) is 5.83. The van der Waals surface area contributed by atoms with Gasteiger partial charge in [0.1, 0.15) is 5.82 Å². The molecule has 6 heteroatoms. The Morgan fingerprint density at radius 1 is 1.24 bits per heavy atom. The first-order chi connectivity index (χ1) is 14.1. The van der Waals surface area contributed by atoms with Crippen LogP contribution in [-0.2, 0) is 14.3 Å². The van der Waals surface area contributed by atoms with E-state index in [0.717, 1.165) is 31.2 Å². The molecule has 29 heavy (non-hydrogen) atoms. The van der Waals surface area contributed by atoms with Crippen molar-refractivity contribution >= 4 is 5.91 Å². The summed E-state index contributed by atoms with van der Waals surface area (Å²) in [7, 11) is 0. The van der Waals surface area contributed by atoms with E-state index in [4.69, 9.17) is 9.47 Å². The van der Waals surface area contributed by atoms with Crippen LogP contribution in [0.15, 0.2) is 36.1 Å². The van der Waals surface area contributed by atoms with Gasteiger partial charge in [-0.1, -0.05) is 31.4 Å². The molecule has 0 aromatic heterocycles. The summed E-state index contributed by atoms with van der Waals surface area (Å²) < 4.78 is 25.3. The third-order valence-electron chi connectivity index (χ3n) is 5.83. The SMILES string of the molecule is CCO[C@@H]1OC(C(=O)NC2CCCCC2)=C[C@H](c2ccc(F)cc2)[C@H]1CCCO. The Morgan fingerprint density at radius 2 is 1.97 bits per heavy atom. The van der Waals surface area contributed by atoms with Crippen LogP contribution in [0.25, 0.3) is 0 Å². The summed E-state index contributed by atoms with van der Waals surface area (Å²) in [4.78, 5) is 12.9. The fourth-order valence-electron chi connectivity index (χ4n) is 4.33. The average Bonchev–Trinajstić information content (AvgIpc) is 2.74. The molecular weight excluding hydrogens is 373 g/mol. The molecule has 1 saturated carbocycles. The summed E-state index contributed by atoms with van der Waals surface area (Å²) in [5.74, 6) is -0.468. The zero-order valence-electron chi connectivity index (χ0n) is 17.1. The first kappa shape index (κ1) is 21.8. The Kier molecular flexibility index (Phi) is 8.07. The fourth-order valence-corrected chi connectivity index (χ4v) is 4.33. The van der Waals surface area contributed by atoms with Gasteiger partial charge in [0.25, 0.3) is 5.91 Å². The lowest BCUT2D eigenvalue weighted by Crippen LogP contribution is -2.42. The van der Waals surface area contributed by atoms with Crippen molar-refractivity contribution in [2.75, 3.05) is 13.2 Å². The van der Waals surface area contributed by atoms with E-state index in [2.05, 4.69) is 5.32 Å². The monoisotopic (exact) mass is 405 g/mol. The molecule has 1 aliphatic carbocycles. The molecule has 0 spiro atoms. The predicted molar refractivity (Wildman–Crippen MR) is 109 cm³/mol. The molecule has 2 N–H and O–H groups in total. The van der Waals surface area contributed by atoms with Crippen molar-refractivity contribution in [3.63, 3.8) is 0 Å². The molecule has 3 atom stereocenters. The molecule has 5 nitrogen and oxygen atoms in total. The van der Waals surface area contributed by atoms with Crippen LogP contribution in [-0.4, -0.2) is 36.6 Å². The second-order valence-corrected chi connectivity index (χ2v) is 7.89. The highest BCUT2D eigenvalue weighted by atomic mass is 19.1. The minimum absolute atomic E-state index is 0.0706. The number of aliphatic hydroxyl groups is 1. The third kappa shape index (κ3) is 5.80. The van der Waals surface area contributed by atoms with Crippen molar-refractivity contribution in [1.82, 2.24) is 5.32 Å². The smallest absolute Gasteiger partial charge is 0.286 e. The van der Waals surface area contributed by atoms with Crippen molar-refractivity contribution in [2.24, 2.45) is 5.92 Å². The largest absolute Gasteiger partial charge is 0.459 e. The summed E-state index contributed by atoms with van der Waals surface area (Å²) in [5.41, 5.74) is 0.908. The minimum Gasteiger partial charge on any atom is -0.459 e.